The lowest BCUT2D eigenvalue weighted by atomic mass is 10.0. The normalized spacial score (nSPS) is 11.9. The number of ether oxygens (including phenoxy) is 3. The molecule has 0 rings (SSSR count). The zero-order valence-electron chi connectivity index (χ0n) is 48.5. The highest BCUT2D eigenvalue weighted by molar-refractivity contribution is 5.71. The lowest BCUT2D eigenvalue weighted by molar-refractivity contribution is -0.167. The number of hydrogen-bond acceptors (Lipinski definition) is 6. The Morgan fingerprint density at radius 1 is 0.225 bits per heavy atom. The summed E-state index contributed by atoms with van der Waals surface area (Å²) in [4.78, 5) is 38.3. The van der Waals surface area contributed by atoms with E-state index >= 15 is 0 Å². The van der Waals surface area contributed by atoms with Gasteiger partial charge in [0.15, 0.2) is 6.10 Å². The summed E-state index contributed by atoms with van der Waals surface area (Å²) >= 11 is 0. The summed E-state index contributed by atoms with van der Waals surface area (Å²) in [6.07, 6.45) is 69.7. The molecule has 422 valence electrons. The van der Waals surface area contributed by atoms with Crippen molar-refractivity contribution in [3.63, 3.8) is 0 Å². The van der Waals surface area contributed by atoms with Crippen molar-refractivity contribution in [2.24, 2.45) is 0 Å². The Balaban J connectivity index is 4.21. The van der Waals surface area contributed by atoms with Crippen LogP contribution in [0.1, 0.15) is 380 Å². The maximum atomic E-state index is 12.9. The Morgan fingerprint density at radius 3 is 0.563 bits per heavy atom. The van der Waals surface area contributed by atoms with E-state index in [1.54, 1.807) is 0 Å². The maximum absolute atomic E-state index is 12.9. The first-order chi connectivity index (χ1) is 35.0. The maximum Gasteiger partial charge on any atom is 0.306 e. The summed E-state index contributed by atoms with van der Waals surface area (Å²) in [6, 6.07) is 0. The van der Waals surface area contributed by atoms with Gasteiger partial charge >= 0.3 is 17.9 Å². The highest BCUT2D eigenvalue weighted by atomic mass is 16.6. The van der Waals surface area contributed by atoms with Gasteiger partial charge in [-0.15, -0.1) is 0 Å². The molecule has 6 nitrogen and oxygen atoms in total. The van der Waals surface area contributed by atoms with Gasteiger partial charge in [-0.05, 0) is 19.3 Å². The number of unbranched alkanes of at least 4 members (excludes halogenated alkanes) is 50. The van der Waals surface area contributed by atoms with Crippen LogP contribution in [0.2, 0.25) is 0 Å². The molecular formula is C65H126O6. The van der Waals surface area contributed by atoms with E-state index in [4.69, 9.17) is 14.2 Å². The molecule has 6 heteroatoms. The summed E-state index contributed by atoms with van der Waals surface area (Å²) in [5.41, 5.74) is 0. The van der Waals surface area contributed by atoms with Gasteiger partial charge in [0, 0.05) is 19.3 Å². The topological polar surface area (TPSA) is 78.9 Å². The quantitative estimate of drug-likeness (QED) is 0.0343. The molecule has 0 heterocycles. The first kappa shape index (κ1) is 69.4. The van der Waals surface area contributed by atoms with Crippen molar-refractivity contribution in [2.45, 2.75) is 386 Å². The Morgan fingerprint density at radius 2 is 0.380 bits per heavy atom. The van der Waals surface area contributed by atoms with Crippen molar-refractivity contribution in [3.8, 4) is 0 Å². The molecule has 0 aliphatic rings. The highest BCUT2D eigenvalue weighted by Gasteiger charge is 2.19. The molecule has 0 aromatic heterocycles. The highest BCUT2D eigenvalue weighted by Crippen LogP contribution is 2.19. The second-order valence-corrected chi connectivity index (χ2v) is 22.4. The monoisotopic (exact) mass is 1000 g/mol. The van der Waals surface area contributed by atoms with Crippen LogP contribution in [0.25, 0.3) is 0 Å². The third kappa shape index (κ3) is 59.2. The molecule has 0 aromatic carbocycles. The minimum atomic E-state index is -0.762. The van der Waals surface area contributed by atoms with Crippen molar-refractivity contribution in [1.29, 1.82) is 0 Å². The molecular weight excluding hydrogens is 877 g/mol. The van der Waals surface area contributed by atoms with E-state index in [1.807, 2.05) is 0 Å². The Hall–Kier alpha value is -1.59. The molecule has 0 aliphatic heterocycles. The van der Waals surface area contributed by atoms with Gasteiger partial charge in [0.25, 0.3) is 0 Å². The smallest absolute Gasteiger partial charge is 0.306 e. The molecule has 1 unspecified atom stereocenters. The van der Waals surface area contributed by atoms with Crippen LogP contribution < -0.4 is 0 Å². The minimum absolute atomic E-state index is 0.0606. The average Bonchev–Trinajstić information content (AvgIpc) is 3.37. The van der Waals surface area contributed by atoms with Crippen molar-refractivity contribution in [3.05, 3.63) is 0 Å². The van der Waals surface area contributed by atoms with Gasteiger partial charge in [-0.3, -0.25) is 14.4 Å². The fourth-order valence-electron chi connectivity index (χ4n) is 10.2. The number of hydrogen-bond donors (Lipinski definition) is 0. The largest absolute Gasteiger partial charge is 0.462 e. The van der Waals surface area contributed by atoms with Crippen LogP contribution in [-0.2, 0) is 28.6 Å². The predicted molar refractivity (Wildman–Crippen MR) is 307 cm³/mol. The fraction of sp³-hybridized carbons (Fsp3) is 0.954. The van der Waals surface area contributed by atoms with Gasteiger partial charge in [-0.25, -0.2) is 0 Å². The van der Waals surface area contributed by atoms with Crippen LogP contribution in [-0.4, -0.2) is 37.2 Å². The standard InChI is InChI=1S/C65H126O6/c1-4-7-10-13-16-19-22-25-27-29-31-32-33-35-36-38-40-43-46-49-52-55-58-64(67)70-61-62(60-69-63(66)57-54-51-48-45-42-24-21-18-15-12-9-6-3)71-65(68)59-56-53-50-47-44-41-39-37-34-30-28-26-23-20-17-14-11-8-5-2/h62H,4-61H2,1-3H3. The molecule has 71 heavy (non-hydrogen) atoms. The van der Waals surface area contributed by atoms with Gasteiger partial charge in [0.2, 0.25) is 0 Å². The molecule has 0 radical (unpaired) electrons. The minimum Gasteiger partial charge on any atom is -0.462 e. The Labute approximate surface area is 444 Å². The zero-order valence-corrected chi connectivity index (χ0v) is 48.5. The number of rotatable bonds is 61. The van der Waals surface area contributed by atoms with E-state index in [0.29, 0.717) is 19.3 Å². The molecule has 0 bridgehead atoms. The van der Waals surface area contributed by atoms with Crippen molar-refractivity contribution in [1.82, 2.24) is 0 Å². The molecule has 0 spiro atoms. The Bertz CT molecular complexity index is 1060. The third-order valence-electron chi connectivity index (χ3n) is 15.1. The molecule has 0 aromatic rings. The number of esters is 3. The Kier molecular flexibility index (Phi) is 59.6. The second-order valence-electron chi connectivity index (χ2n) is 22.4. The van der Waals surface area contributed by atoms with E-state index in [2.05, 4.69) is 20.8 Å². The molecule has 0 saturated heterocycles. The lowest BCUT2D eigenvalue weighted by Gasteiger charge is -2.18. The molecule has 0 fully saturated rings. The summed E-state index contributed by atoms with van der Waals surface area (Å²) in [5.74, 6) is -0.825. The molecule has 0 saturated carbocycles. The van der Waals surface area contributed by atoms with E-state index in [-0.39, 0.29) is 31.1 Å². The molecule has 1 atom stereocenters. The van der Waals surface area contributed by atoms with Crippen molar-refractivity contribution < 1.29 is 28.6 Å². The van der Waals surface area contributed by atoms with E-state index < -0.39 is 6.10 Å². The second kappa shape index (κ2) is 61.0. The molecule has 0 amide bonds. The van der Waals surface area contributed by atoms with Crippen LogP contribution in [0.15, 0.2) is 0 Å². The first-order valence-corrected chi connectivity index (χ1v) is 32.5. The van der Waals surface area contributed by atoms with Crippen LogP contribution in [0.5, 0.6) is 0 Å². The zero-order chi connectivity index (χ0) is 51.4. The number of carbonyl (C=O) groups excluding carboxylic acids is 3. The van der Waals surface area contributed by atoms with Crippen molar-refractivity contribution in [2.75, 3.05) is 13.2 Å². The van der Waals surface area contributed by atoms with Crippen molar-refractivity contribution >= 4 is 17.9 Å². The third-order valence-corrected chi connectivity index (χ3v) is 15.1. The fourth-order valence-corrected chi connectivity index (χ4v) is 10.2. The van der Waals surface area contributed by atoms with E-state index in [0.717, 1.165) is 57.8 Å². The summed E-state index contributed by atoms with van der Waals surface area (Å²) in [6.45, 7) is 6.73. The molecule has 0 aliphatic carbocycles. The van der Waals surface area contributed by atoms with Gasteiger partial charge in [-0.1, -0.05) is 342 Å². The van der Waals surface area contributed by atoms with Crippen LogP contribution in [0.4, 0.5) is 0 Å². The molecule has 0 N–H and O–H groups in total. The van der Waals surface area contributed by atoms with E-state index in [1.165, 1.54) is 283 Å². The number of carbonyl (C=O) groups is 3. The average molecular weight is 1000 g/mol. The van der Waals surface area contributed by atoms with Gasteiger partial charge in [-0.2, -0.15) is 0 Å². The van der Waals surface area contributed by atoms with Gasteiger partial charge in [0.1, 0.15) is 13.2 Å². The predicted octanol–water partition coefficient (Wildman–Crippen LogP) is 21.9. The van der Waals surface area contributed by atoms with Gasteiger partial charge < -0.3 is 14.2 Å². The SMILES string of the molecule is CCCCCCCCCCCCCCCCCCCCCCCCC(=O)OCC(COC(=O)CCCCCCCCCCCCCC)OC(=O)CCCCCCCCCCCCCCCCCCCCC. The van der Waals surface area contributed by atoms with E-state index in [9.17, 15) is 14.4 Å². The summed E-state index contributed by atoms with van der Waals surface area (Å²) in [7, 11) is 0. The van der Waals surface area contributed by atoms with Gasteiger partial charge in [0.05, 0.1) is 0 Å². The summed E-state index contributed by atoms with van der Waals surface area (Å²) in [5, 5.41) is 0. The van der Waals surface area contributed by atoms with Crippen LogP contribution in [0, 0.1) is 0 Å². The first-order valence-electron chi connectivity index (χ1n) is 32.5. The van der Waals surface area contributed by atoms with Crippen LogP contribution >= 0.6 is 0 Å². The van der Waals surface area contributed by atoms with Crippen LogP contribution in [0.3, 0.4) is 0 Å². The lowest BCUT2D eigenvalue weighted by Crippen LogP contribution is -2.30. The summed E-state index contributed by atoms with van der Waals surface area (Å²) < 4.78 is 16.9.